The molecule has 1 aliphatic rings. The van der Waals surface area contributed by atoms with Crippen LogP contribution >= 0.6 is 0 Å². The number of rotatable bonds is 5. The number of hydrogen-bond donors (Lipinski definition) is 3. The summed E-state index contributed by atoms with van der Waals surface area (Å²) < 4.78 is 11.1. The van der Waals surface area contributed by atoms with Crippen molar-refractivity contribution in [3.05, 3.63) is 0 Å². The van der Waals surface area contributed by atoms with E-state index in [0.717, 1.165) is 0 Å². The molecule has 108 valence electrons. The van der Waals surface area contributed by atoms with Gasteiger partial charge in [-0.1, -0.05) is 0 Å². The van der Waals surface area contributed by atoms with E-state index in [4.69, 9.17) is 10.8 Å². The fourth-order valence-corrected chi connectivity index (χ4v) is 2.68. The van der Waals surface area contributed by atoms with Gasteiger partial charge in [-0.25, -0.2) is 9.59 Å². The van der Waals surface area contributed by atoms with Gasteiger partial charge in [-0.15, -0.1) is 0 Å². The summed E-state index contributed by atoms with van der Waals surface area (Å²) in [6.45, 7) is 0.668. The molecule has 0 aromatic rings. The highest BCUT2D eigenvalue weighted by molar-refractivity contribution is 7.85. The molecule has 0 radical (unpaired) electrons. The van der Waals surface area contributed by atoms with Gasteiger partial charge in [0.2, 0.25) is 5.91 Å². The monoisotopic (exact) mass is 291 g/mol. The second-order valence-electron chi connectivity index (χ2n) is 4.18. The normalized spacial score (nSPS) is 17.8. The van der Waals surface area contributed by atoms with Gasteiger partial charge in [0.25, 0.3) is 0 Å². The van der Waals surface area contributed by atoms with Crippen molar-refractivity contribution in [1.82, 2.24) is 10.2 Å². The molecule has 1 fully saturated rings. The number of carbonyl (C=O) groups is 3. The average molecular weight is 291 g/mol. The highest BCUT2D eigenvalue weighted by Gasteiger charge is 2.25. The molecule has 0 bridgehead atoms. The molecule has 1 saturated heterocycles. The molecule has 0 aromatic heterocycles. The van der Waals surface area contributed by atoms with Gasteiger partial charge in [0.1, 0.15) is 6.04 Å². The number of nitrogens with zero attached hydrogens (tertiary/aromatic N) is 1. The Labute approximate surface area is 112 Å². The molecular formula is C10H17N3O5S. The maximum Gasteiger partial charge on any atom is 0.326 e. The number of primary amides is 1. The topological polar surface area (TPSA) is 130 Å². The maximum absolute atomic E-state index is 11.8. The number of amides is 3. The SMILES string of the molecule is NC(=O)CC[C@@H](NC(=O)N1CCS(=O)CC1)C(=O)O. The maximum atomic E-state index is 11.8. The Hall–Kier alpha value is -1.64. The van der Waals surface area contributed by atoms with Crippen LogP contribution in [-0.2, 0) is 20.4 Å². The first kappa shape index (κ1) is 15.4. The van der Waals surface area contributed by atoms with E-state index in [1.54, 1.807) is 0 Å². The Morgan fingerprint density at radius 3 is 2.37 bits per heavy atom. The zero-order chi connectivity index (χ0) is 14.4. The highest BCUT2D eigenvalue weighted by atomic mass is 32.2. The molecule has 8 nitrogen and oxygen atoms in total. The number of nitrogens with one attached hydrogen (secondary N) is 1. The fourth-order valence-electron chi connectivity index (χ4n) is 1.63. The standard InChI is InChI=1S/C10H17N3O5S/c11-8(14)2-1-7(9(15)16)12-10(17)13-3-5-19(18)6-4-13/h7H,1-6H2,(H2,11,14)(H,12,17)(H,15,16)/t7-/m1/s1. The van der Waals surface area contributed by atoms with Crippen molar-refractivity contribution in [3.63, 3.8) is 0 Å². The Morgan fingerprint density at radius 2 is 1.89 bits per heavy atom. The first-order valence-corrected chi connectivity index (χ1v) is 7.30. The van der Waals surface area contributed by atoms with Crippen LogP contribution in [0.2, 0.25) is 0 Å². The lowest BCUT2D eigenvalue weighted by atomic mass is 10.1. The third-order valence-electron chi connectivity index (χ3n) is 2.74. The Kier molecular flexibility index (Phi) is 5.74. The minimum absolute atomic E-state index is 0.0455. The lowest BCUT2D eigenvalue weighted by molar-refractivity contribution is -0.139. The van der Waals surface area contributed by atoms with Gasteiger partial charge in [-0.2, -0.15) is 0 Å². The summed E-state index contributed by atoms with van der Waals surface area (Å²) in [6, 6.07) is -1.67. The summed E-state index contributed by atoms with van der Waals surface area (Å²) in [5.74, 6) is -1.04. The van der Waals surface area contributed by atoms with Gasteiger partial charge in [0.05, 0.1) is 0 Å². The molecule has 1 aliphatic heterocycles. The minimum atomic E-state index is -1.21. The number of hydrogen-bond acceptors (Lipinski definition) is 4. The van der Waals surface area contributed by atoms with Crippen LogP contribution < -0.4 is 11.1 Å². The predicted molar refractivity (Wildman–Crippen MR) is 67.8 cm³/mol. The van der Waals surface area contributed by atoms with Crippen LogP contribution in [0.3, 0.4) is 0 Å². The van der Waals surface area contributed by atoms with E-state index < -0.39 is 34.7 Å². The predicted octanol–water partition coefficient (Wildman–Crippen LogP) is -1.52. The second-order valence-corrected chi connectivity index (χ2v) is 5.88. The number of carbonyl (C=O) groups excluding carboxylic acids is 2. The lowest BCUT2D eigenvalue weighted by Gasteiger charge is -2.27. The van der Waals surface area contributed by atoms with Crippen molar-refractivity contribution in [2.45, 2.75) is 18.9 Å². The van der Waals surface area contributed by atoms with E-state index in [0.29, 0.717) is 24.6 Å². The van der Waals surface area contributed by atoms with Crippen molar-refractivity contribution < 1.29 is 23.7 Å². The van der Waals surface area contributed by atoms with Crippen LogP contribution in [0.1, 0.15) is 12.8 Å². The molecule has 1 heterocycles. The van der Waals surface area contributed by atoms with Gasteiger partial charge in [-0.3, -0.25) is 9.00 Å². The van der Waals surface area contributed by atoms with Crippen molar-refractivity contribution in [3.8, 4) is 0 Å². The lowest BCUT2D eigenvalue weighted by Crippen LogP contribution is -2.51. The van der Waals surface area contributed by atoms with E-state index in [2.05, 4.69) is 5.32 Å². The number of aliphatic carboxylic acids is 1. The van der Waals surface area contributed by atoms with E-state index in [1.165, 1.54) is 4.90 Å². The molecule has 19 heavy (non-hydrogen) atoms. The fraction of sp³-hybridized carbons (Fsp3) is 0.700. The van der Waals surface area contributed by atoms with Gasteiger partial charge in [0, 0.05) is 41.8 Å². The zero-order valence-electron chi connectivity index (χ0n) is 10.3. The summed E-state index contributed by atoms with van der Waals surface area (Å²) in [5.41, 5.74) is 4.94. The van der Waals surface area contributed by atoms with Crippen LogP contribution in [-0.4, -0.2) is 62.8 Å². The van der Waals surface area contributed by atoms with E-state index in [-0.39, 0.29) is 12.8 Å². The molecule has 0 saturated carbocycles. The molecule has 4 N–H and O–H groups in total. The minimum Gasteiger partial charge on any atom is -0.480 e. The second kappa shape index (κ2) is 7.07. The Bertz CT molecular complexity index is 391. The molecule has 0 unspecified atom stereocenters. The number of carboxylic acid groups (broad SMARTS) is 1. The summed E-state index contributed by atoms with van der Waals surface area (Å²) in [4.78, 5) is 34.8. The zero-order valence-corrected chi connectivity index (χ0v) is 11.1. The van der Waals surface area contributed by atoms with Crippen LogP contribution in [0.4, 0.5) is 4.79 Å². The number of urea groups is 1. The molecular weight excluding hydrogens is 274 g/mol. The average Bonchev–Trinajstić information content (AvgIpc) is 2.34. The number of carboxylic acids is 1. The van der Waals surface area contributed by atoms with E-state index >= 15 is 0 Å². The van der Waals surface area contributed by atoms with Crippen LogP contribution in [0.25, 0.3) is 0 Å². The van der Waals surface area contributed by atoms with Crippen LogP contribution in [0.15, 0.2) is 0 Å². The molecule has 0 aliphatic carbocycles. The molecule has 0 spiro atoms. The van der Waals surface area contributed by atoms with Gasteiger partial charge < -0.3 is 21.1 Å². The van der Waals surface area contributed by atoms with Gasteiger partial charge >= 0.3 is 12.0 Å². The van der Waals surface area contributed by atoms with Crippen LogP contribution in [0.5, 0.6) is 0 Å². The van der Waals surface area contributed by atoms with Crippen LogP contribution in [0, 0.1) is 0 Å². The molecule has 1 rings (SSSR count). The smallest absolute Gasteiger partial charge is 0.326 e. The highest BCUT2D eigenvalue weighted by Crippen LogP contribution is 2.03. The van der Waals surface area contributed by atoms with E-state index in [9.17, 15) is 18.6 Å². The summed E-state index contributed by atoms with van der Waals surface area (Å²) in [7, 11) is -0.908. The molecule has 1 atom stereocenters. The van der Waals surface area contributed by atoms with Crippen molar-refractivity contribution in [1.29, 1.82) is 0 Å². The van der Waals surface area contributed by atoms with Crippen molar-refractivity contribution >= 4 is 28.7 Å². The molecule has 0 aromatic carbocycles. The summed E-state index contributed by atoms with van der Waals surface area (Å²) in [6.07, 6.45) is -0.155. The summed E-state index contributed by atoms with van der Waals surface area (Å²) >= 11 is 0. The third-order valence-corrected chi connectivity index (χ3v) is 4.02. The van der Waals surface area contributed by atoms with Crippen molar-refractivity contribution in [2.75, 3.05) is 24.6 Å². The van der Waals surface area contributed by atoms with E-state index in [1.807, 2.05) is 0 Å². The summed E-state index contributed by atoms with van der Waals surface area (Å²) in [5, 5.41) is 11.3. The Balaban J connectivity index is 2.49. The Morgan fingerprint density at radius 1 is 1.32 bits per heavy atom. The van der Waals surface area contributed by atoms with Gasteiger partial charge in [-0.05, 0) is 6.42 Å². The third kappa shape index (κ3) is 5.25. The van der Waals surface area contributed by atoms with Crippen molar-refractivity contribution in [2.24, 2.45) is 5.73 Å². The number of nitrogens with two attached hydrogens (primary N) is 1. The quantitative estimate of drug-likeness (QED) is 0.566. The van der Waals surface area contributed by atoms with Gasteiger partial charge in [0.15, 0.2) is 0 Å². The molecule has 9 heteroatoms. The molecule has 3 amide bonds. The first-order chi connectivity index (χ1) is 8.90. The first-order valence-electron chi connectivity index (χ1n) is 5.81. The largest absolute Gasteiger partial charge is 0.480 e.